The first-order chi connectivity index (χ1) is 23.4. The summed E-state index contributed by atoms with van der Waals surface area (Å²) >= 11 is 0. The van der Waals surface area contributed by atoms with E-state index in [4.69, 9.17) is 9.47 Å². The largest absolute Gasteiger partial charge is 0.456 e. The van der Waals surface area contributed by atoms with Gasteiger partial charge in [-0.25, -0.2) is 14.8 Å². The van der Waals surface area contributed by atoms with E-state index in [1.165, 1.54) is 7.11 Å². The predicted octanol–water partition coefficient (Wildman–Crippen LogP) is 6.73. The number of para-hydroxylation sites is 1. The fraction of sp³-hybridized carbons (Fsp3) is 0.351. The van der Waals surface area contributed by atoms with Gasteiger partial charge in [0.25, 0.3) is 0 Å². The second-order valence-electron chi connectivity index (χ2n) is 12.2. The Balaban J connectivity index is 0.00000234. The molecule has 0 radical (unpaired) electrons. The van der Waals surface area contributed by atoms with Crippen molar-refractivity contribution in [2.75, 3.05) is 20.2 Å². The maximum absolute atomic E-state index is 13.6. The Morgan fingerprint density at radius 2 is 1.71 bits per heavy atom. The number of aromatic amines is 2. The number of carbonyl (C=O) groups is 2. The Labute approximate surface area is 316 Å². The summed E-state index contributed by atoms with van der Waals surface area (Å²) in [4.78, 5) is 43.2. The number of alkyl carbamates (subject to hydrolysis) is 1. The minimum absolute atomic E-state index is 0. The topological polar surface area (TPSA) is 137 Å². The average Bonchev–Trinajstić information content (AvgIpc) is 3.93. The van der Waals surface area contributed by atoms with Crippen molar-refractivity contribution in [3.63, 3.8) is 0 Å². The smallest absolute Gasteiger partial charge is 0.407 e. The number of halogens is 3. The van der Waals surface area contributed by atoms with Gasteiger partial charge in [-0.05, 0) is 86.1 Å². The zero-order chi connectivity index (χ0) is 33.5. The molecule has 0 spiro atoms. The van der Waals surface area contributed by atoms with Gasteiger partial charge >= 0.3 is 6.09 Å². The number of amides is 2. The number of imidazole rings is 2. The third kappa shape index (κ3) is 9.99. The fourth-order valence-electron chi connectivity index (χ4n) is 6.03. The highest BCUT2D eigenvalue weighted by Gasteiger charge is 2.37. The number of H-pyrrole nitrogens is 2. The first-order valence-electron chi connectivity index (χ1n) is 16.3. The maximum Gasteiger partial charge on any atom is 0.407 e. The van der Waals surface area contributed by atoms with Gasteiger partial charge < -0.3 is 35.0 Å². The number of nitrogens with one attached hydrogen (secondary N) is 4. The number of aromatic nitrogens is 4. The molecule has 4 heterocycles. The number of hydrogen-bond acceptors (Lipinski definition) is 7. The van der Waals surface area contributed by atoms with Crippen molar-refractivity contribution < 1.29 is 19.1 Å². The van der Waals surface area contributed by atoms with Crippen molar-refractivity contribution in [1.29, 1.82) is 0 Å². The highest BCUT2D eigenvalue weighted by Crippen LogP contribution is 2.34. The van der Waals surface area contributed by atoms with Gasteiger partial charge in [0.15, 0.2) is 0 Å². The Kier molecular flexibility index (Phi) is 15.3. The van der Waals surface area contributed by atoms with E-state index in [0.29, 0.717) is 29.4 Å². The molecular weight excluding hydrogens is 713 g/mol. The van der Waals surface area contributed by atoms with Gasteiger partial charge in [0.1, 0.15) is 34.9 Å². The molecule has 2 saturated heterocycles. The Hall–Kier alpha value is -4.65. The van der Waals surface area contributed by atoms with Crippen LogP contribution in [-0.4, -0.2) is 63.1 Å². The van der Waals surface area contributed by atoms with Gasteiger partial charge in [-0.1, -0.05) is 38.1 Å². The van der Waals surface area contributed by atoms with Gasteiger partial charge in [-0.2, -0.15) is 0 Å². The molecule has 0 aliphatic carbocycles. The lowest BCUT2D eigenvalue weighted by Gasteiger charge is -2.30. The van der Waals surface area contributed by atoms with Crippen LogP contribution in [0.15, 0.2) is 60.9 Å². The van der Waals surface area contributed by atoms with Crippen LogP contribution in [0.2, 0.25) is 0 Å². The number of benzene rings is 2. The molecular formula is C37H42Cl3N7O4. The summed E-state index contributed by atoms with van der Waals surface area (Å²) in [7, 11) is 1.29. The van der Waals surface area contributed by atoms with Gasteiger partial charge in [0.2, 0.25) is 5.91 Å². The third-order valence-electron chi connectivity index (χ3n) is 8.54. The second kappa shape index (κ2) is 19.1. The molecule has 270 valence electrons. The minimum atomic E-state index is -0.699. The van der Waals surface area contributed by atoms with Crippen LogP contribution in [0.4, 0.5) is 4.79 Å². The summed E-state index contributed by atoms with van der Waals surface area (Å²) in [5, 5.41) is 6.12. The van der Waals surface area contributed by atoms with Crippen LogP contribution in [0.5, 0.6) is 11.5 Å². The number of nitrogens with zero attached hydrogens (tertiary/aromatic N) is 3. The van der Waals surface area contributed by atoms with Crippen molar-refractivity contribution >= 4 is 49.2 Å². The Morgan fingerprint density at radius 1 is 0.941 bits per heavy atom. The lowest BCUT2D eigenvalue weighted by atomic mass is 10.0. The number of hydrogen-bond donors (Lipinski definition) is 4. The molecule has 2 aliphatic rings. The summed E-state index contributed by atoms with van der Waals surface area (Å²) in [6.07, 6.45) is 6.67. The monoisotopic (exact) mass is 753 g/mol. The Bertz CT molecular complexity index is 1890. The van der Waals surface area contributed by atoms with E-state index in [0.717, 1.165) is 55.0 Å². The fourth-order valence-corrected chi connectivity index (χ4v) is 6.03. The van der Waals surface area contributed by atoms with Crippen molar-refractivity contribution in [1.82, 2.24) is 35.5 Å². The molecule has 2 aromatic heterocycles. The first kappa shape index (κ1) is 40.8. The lowest BCUT2D eigenvalue weighted by Crippen LogP contribution is -2.51. The number of methoxy groups -OCH3 is 1. The van der Waals surface area contributed by atoms with E-state index in [1.54, 1.807) is 17.3 Å². The number of likely N-dealkylation sites (tertiary alicyclic amines) is 1. The van der Waals surface area contributed by atoms with Crippen molar-refractivity contribution in [3.8, 4) is 46.4 Å². The number of carbonyl (C=O) groups excluding carboxylic acids is 2. The molecule has 4 N–H and O–H groups in total. The maximum atomic E-state index is 13.6. The molecule has 2 amide bonds. The van der Waals surface area contributed by atoms with E-state index in [-0.39, 0.29) is 61.1 Å². The molecule has 0 unspecified atom stereocenters. The summed E-state index contributed by atoms with van der Waals surface area (Å²) in [6, 6.07) is 14.6. The van der Waals surface area contributed by atoms with E-state index >= 15 is 0 Å². The van der Waals surface area contributed by atoms with Gasteiger partial charge in [-0.3, -0.25) is 4.79 Å². The third-order valence-corrected chi connectivity index (χ3v) is 8.54. The number of ether oxygens (including phenoxy) is 2. The van der Waals surface area contributed by atoms with Gasteiger partial charge in [0, 0.05) is 12.1 Å². The van der Waals surface area contributed by atoms with Crippen molar-refractivity contribution in [3.05, 3.63) is 83.8 Å². The zero-order valence-electron chi connectivity index (χ0n) is 28.5. The van der Waals surface area contributed by atoms with Crippen LogP contribution in [-0.2, 0) is 9.53 Å². The SMILES string of the molecule is COC(=O)N[C@H](C(=O)N1CCC[C@H]1c1ncc(-c2ccc(C#CC#Cc3cnc([C@@H]4CCCN4)[nH]3)c(Oc3ccccc3)c2)[nH]1)C(C)C.Cl.Cl.Cl. The van der Waals surface area contributed by atoms with Crippen molar-refractivity contribution in [2.24, 2.45) is 5.92 Å². The molecule has 51 heavy (non-hydrogen) atoms. The van der Waals surface area contributed by atoms with E-state index in [9.17, 15) is 9.59 Å². The zero-order valence-corrected chi connectivity index (χ0v) is 31.0. The summed E-state index contributed by atoms with van der Waals surface area (Å²) in [5.41, 5.74) is 3.04. The minimum Gasteiger partial charge on any atom is -0.456 e. The molecule has 14 heteroatoms. The molecule has 4 aromatic rings. The molecule has 2 aromatic carbocycles. The normalized spacial score (nSPS) is 16.6. The van der Waals surface area contributed by atoms with Crippen LogP contribution in [0.25, 0.3) is 11.3 Å². The van der Waals surface area contributed by atoms with Crippen LogP contribution in [0.1, 0.15) is 74.5 Å². The van der Waals surface area contributed by atoms with Crippen molar-refractivity contribution in [2.45, 2.75) is 57.7 Å². The van der Waals surface area contributed by atoms with Crippen LogP contribution in [0, 0.1) is 29.6 Å². The van der Waals surface area contributed by atoms with Gasteiger partial charge in [-0.15, -0.1) is 37.2 Å². The van der Waals surface area contributed by atoms with E-state index in [2.05, 4.69) is 54.3 Å². The average molecular weight is 755 g/mol. The summed E-state index contributed by atoms with van der Waals surface area (Å²) < 4.78 is 11.0. The standard InChI is InChI=1S/C37H39N7O4.3ClH/c1-24(2)33(43-37(46)47-3)36(45)44-20-10-16-31(44)35-40-23-30(42-35)26-18-17-25(32(21-26)48-28-13-5-4-6-14-28)11-7-8-12-27-22-39-34(41-27)29-15-9-19-38-29;;;/h4-6,13-14,17-18,21-24,29,31,33,38H,9-10,15-16,19-20H2,1-3H3,(H,39,41)(H,40,42)(H,43,46);3*1H/t29-,31-,33-;;;/m0.../s1. The molecule has 6 rings (SSSR count). The van der Waals surface area contributed by atoms with Gasteiger partial charge in [0.05, 0.1) is 42.8 Å². The van der Waals surface area contributed by atoms with Crippen LogP contribution in [0.3, 0.4) is 0 Å². The van der Waals surface area contributed by atoms with E-state index in [1.807, 2.05) is 62.4 Å². The highest BCUT2D eigenvalue weighted by atomic mass is 35.5. The molecule has 2 aliphatic heterocycles. The van der Waals surface area contributed by atoms with Crippen LogP contribution < -0.4 is 15.4 Å². The Morgan fingerprint density at radius 3 is 2.43 bits per heavy atom. The molecule has 3 atom stereocenters. The molecule has 2 fully saturated rings. The second-order valence-corrected chi connectivity index (χ2v) is 12.2. The molecule has 0 bridgehead atoms. The highest BCUT2D eigenvalue weighted by molar-refractivity contribution is 5.86. The lowest BCUT2D eigenvalue weighted by molar-refractivity contribution is -0.135. The molecule has 11 nitrogen and oxygen atoms in total. The first-order valence-corrected chi connectivity index (χ1v) is 16.3. The predicted molar refractivity (Wildman–Crippen MR) is 202 cm³/mol. The summed E-state index contributed by atoms with van der Waals surface area (Å²) in [6.45, 7) is 5.38. The van der Waals surface area contributed by atoms with Crippen LogP contribution >= 0.6 is 37.2 Å². The summed E-state index contributed by atoms with van der Waals surface area (Å²) in [5.74, 6) is 14.7. The molecule has 0 saturated carbocycles. The van der Waals surface area contributed by atoms with E-state index < -0.39 is 12.1 Å². The number of rotatable bonds is 8. The quantitative estimate of drug-likeness (QED) is 0.147.